The van der Waals surface area contributed by atoms with Gasteiger partial charge < -0.3 is 15.6 Å². The van der Waals surface area contributed by atoms with Crippen molar-refractivity contribution in [3.8, 4) is 11.4 Å². The highest BCUT2D eigenvalue weighted by molar-refractivity contribution is 5.87. The fraction of sp³-hybridized carbons (Fsp3) is 0.118. The molecule has 3 rings (SSSR count). The van der Waals surface area contributed by atoms with Crippen LogP contribution in [0, 0.1) is 0 Å². The fourth-order valence-corrected chi connectivity index (χ4v) is 2.16. The van der Waals surface area contributed by atoms with Crippen molar-refractivity contribution < 1.29 is 14.6 Å². The van der Waals surface area contributed by atoms with E-state index in [-0.39, 0.29) is 12.4 Å². The summed E-state index contributed by atoms with van der Waals surface area (Å²) in [6.07, 6.45) is 0. The third-order valence-corrected chi connectivity index (χ3v) is 3.43. The Bertz CT molecular complexity index is 946. The number of nitrogens with zero attached hydrogens (tertiary/aromatic N) is 3. The van der Waals surface area contributed by atoms with Crippen LogP contribution in [0.3, 0.4) is 0 Å². The summed E-state index contributed by atoms with van der Waals surface area (Å²) in [4.78, 5) is 12.8. The third kappa shape index (κ3) is 2.91. The first kappa shape index (κ1) is 15.5. The van der Waals surface area contributed by atoms with Crippen molar-refractivity contribution in [2.45, 2.75) is 13.5 Å². The number of benzene rings is 2. The molecule has 0 aliphatic carbocycles. The molecule has 3 aromatic rings. The largest absolute Gasteiger partial charge is 0.505 e. The summed E-state index contributed by atoms with van der Waals surface area (Å²) in [5.41, 5.74) is 8.72. The van der Waals surface area contributed by atoms with Gasteiger partial charge in [-0.3, -0.25) is 0 Å². The summed E-state index contributed by atoms with van der Waals surface area (Å²) in [5.74, 6) is -0.571. The molecule has 7 nitrogen and oxygen atoms in total. The van der Waals surface area contributed by atoms with Crippen molar-refractivity contribution in [3.05, 3.63) is 54.1 Å². The van der Waals surface area contributed by atoms with E-state index in [0.29, 0.717) is 33.5 Å². The maximum atomic E-state index is 11.5. The van der Waals surface area contributed by atoms with Crippen molar-refractivity contribution in [3.63, 3.8) is 0 Å². The number of aromatic nitrogens is 3. The standard InChI is InChI=1S/C17H16N4O3/c1-10(2)17(23)24-9-11-4-3-5-15(16(11)22)21-19-13-7-6-12(18)8-14(13)20-21/h3-8,22H,1,9,18H2,2H3. The molecule has 7 heteroatoms. The highest BCUT2D eigenvalue weighted by atomic mass is 16.5. The van der Waals surface area contributed by atoms with Crippen LogP contribution >= 0.6 is 0 Å². The van der Waals surface area contributed by atoms with E-state index in [9.17, 15) is 9.90 Å². The molecule has 122 valence electrons. The molecule has 0 saturated carbocycles. The molecule has 1 aromatic heterocycles. The molecule has 0 aliphatic heterocycles. The van der Waals surface area contributed by atoms with Crippen LogP contribution in [-0.4, -0.2) is 26.1 Å². The van der Waals surface area contributed by atoms with Gasteiger partial charge in [0, 0.05) is 16.8 Å². The number of phenols is 1. The van der Waals surface area contributed by atoms with Gasteiger partial charge in [-0.25, -0.2) is 4.79 Å². The lowest BCUT2D eigenvalue weighted by Gasteiger charge is -2.09. The van der Waals surface area contributed by atoms with E-state index in [4.69, 9.17) is 10.5 Å². The van der Waals surface area contributed by atoms with Crippen LogP contribution in [0.5, 0.6) is 5.75 Å². The zero-order chi connectivity index (χ0) is 17.3. The number of nitrogens with two attached hydrogens (primary N) is 1. The van der Waals surface area contributed by atoms with Gasteiger partial charge in [0.2, 0.25) is 0 Å². The molecule has 0 amide bonds. The van der Waals surface area contributed by atoms with Gasteiger partial charge >= 0.3 is 5.97 Å². The first-order chi connectivity index (χ1) is 11.5. The normalized spacial score (nSPS) is 10.7. The second-order valence-electron chi connectivity index (χ2n) is 5.38. The number of carbonyl (C=O) groups excluding carboxylic acids is 1. The first-order valence-electron chi connectivity index (χ1n) is 7.22. The molecule has 0 atom stereocenters. The van der Waals surface area contributed by atoms with Crippen molar-refractivity contribution in [1.82, 2.24) is 15.0 Å². The van der Waals surface area contributed by atoms with Crippen LogP contribution < -0.4 is 5.73 Å². The summed E-state index contributed by atoms with van der Waals surface area (Å²) in [7, 11) is 0. The lowest BCUT2D eigenvalue weighted by atomic mass is 10.2. The summed E-state index contributed by atoms with van der Waals surface area (Å²) in [5, 5.41) is 19.1. The molecular weight excluding hydrogens is 308 g/mol. The molecule has 3 N–H and O–H groups in total. The molecule has 0 saturated heterocycles. The van der Waals surface area contributed by atoms with Crippen molar-refractivity contribution in [2.75, 3.05) is 5.73 Å². The van der Waals surface area contributed by atoms with E-state index in [2.05, 4.69) is 16.8 Å². The summed E-state index contributed by atoms with van der Waals surface area (Å²) in [6.45, 7) is 5.00. The second kappa shape index (κ2) is 6.04. The Hall–Kier alpha value is -3.35. The van der Waals surface area contributed by atoms with Crippen LogP contribution in [0.1, 0.15) is 12.5 Å². The zero-order valence-electron chi connectivity index (χ0n) is 13.1. The molecule has 1 heterocycles. The average Bonchev–Trinajstić information content (AvgIpc) is 2.96. The van der Waals surface area contributed by atoms with Gasteiger partial charge in [0.05, 0.1) is 0 Å². The SMILES string of the molecule is C=C(C)C(=O)OCc1cccc(-n2nc3ccc(N)cc3n2)c1O. The molecule has 24 heavy (non-hydrogen) atoms. The highest BCUT2D eigenvalue weighted by Gasteiger charge is 2.14. The van der Waals surface area contributed by atoms with E-state index in [1.165, 1.54) is 4.80 Å². The third-order valence-electron chi connectivity index (χ3n) is 3.43. The minimum atomic E-state index is -0.516. The predicted molar refractivity (Wildman–Crippen MR) is 89.6 cm³/mol. The number of phenolic OH excluding ortho intramolecular Hbond substituents is 1. The zero-order valence-corrected chi connectivity index (χ0v) is 13.1. The van der Waals surface area contributed by atoms with Crippen LogP contribution in [0.2, 0.25) is 0 Å². The van der Waals surface area contributed by atoms with E-state index >= 15 is 0 Å². The van der Waals surface area contributed by atoms with Crippen molar-refractivity contribution >= 4 is 22.7 Å². The van der Waals surface area contributed by atoms with Crippen LogP contribution in [0.4, 0.5) is 5.69 Å². The smallest absolute Gasteiger partial charge is 0.333 e. The molecule has 0 fully saturated rings. The number of nitrogen functional groups attached to an aromatic ring is 1. The summed E-state index contributed by atoms with van der Waals surface area (Å²) >= 11 is 0. The Morgan fingerprint density at radius 2 is 2.04 bits per heavy atom. The molecule has 0 aliphatic rings. The van der Waals surface area contributed by atoms with Crippen molar-refractivity contribution in [1.29, 1.82) is 0 Å². The van der Waals surface area contributed by atoms with E-state index < -0.39 is 5.97 Å². The molecular formula is C17H16N4O3. The molecule has 0 spiro atoms. The van der Waals surface area contributed by atoms with Gasteiger partial charge in [-0.05, 0) is 31.2 Å². The molecule has 0 radical (unpaired) electrons. The maximum absolute atomic E-state index is 11.5. The van der Waals surface area contributed by atoms with Gasteiger partial charge in [-0.1, -0.05) is 18.7 Å². The number of esters is 1. The van der Waals surface area contributed by atoms with E-state index in [1.54, 1.807) is 43.3 Å². The number of hydrogen-bond donors (Lipinski definition) is 2. The predicted octanol–water partition coefficient (Wildman–Crippen LogP) is 2.33. The van der Waals surface area contributed by atoms with Crippen molar-refractivity contribution in [2.24, 2.45) is 0 Å². The van der Waals surface area contributed by atoms with Gasteiger partial charge in [0.25, 0.3) is 0 Å². The minimum absolute atomic E-state index is 0.0553. The summed E-state index contributed by atoms with van der Waals surface area (Å²) < 4.78 is 5.07. The fourth-order valence-electron chi connectivity index (χ4n) is 2.16. The first-order valence-corrected chi connectivity index (χ1v) is 7.22. The van der Waals surface area contributed by atoms with Gasteiger partial charge in [0.15, 0.2) is 0 Å². The Kier molecular flexibility index (Phi) is 3.91. The average molecular weight is 324 g/mol. The van der Waals surface area contributed by atoms with Gasteiger partial charge in [-0.15, -0.1) is 15.0 Å². The molecule has 0 bridgehead atoms. The molecule has 0 unspecified atom stereocenters. The Balaban J connectivity index is 1.94. The number of anilines is 1. The van der Waals surface area contributed by atoms with E-state index in [0.717, 1.165) is 0 Å². The topological polar surface area (TPSA) is 103 Å². The maximum Gasteiger partial charge on any atom is 0.333 e. The minimum Gasteiger partial charge on any atom is -0.505 e. The number of fused-ring (bicyclic) bond motifs is 1. The molecule has 2 aromatic carbocycles. The Morgan fingerprint density at radius 1 is 1.29 bits per heavy atom. The van der Waals surface area contributed by atoms with Gasteiger partial charge in [0.1, 0.15) is 29.1 Å². The number of ether oxygens (including phenoxy) is 1. The Labute approximate surface area is 138 Å². The van der Waals surface area contributed by atoms with Crippen LogP contribution in [0.15, 0.2) is 48.6 Å². The number of carbonyl (C=O) groups is 1. The number of para-hydroxylation sites is 1. The van der Waals surface area contributed by atoms with Crippen LogP contribution in [-0.2, 0) is 16.1 Å². The van der Waals surface area contributed by atoms with Gasteiger partial charge in [-0.2, -0.15) is 0 Å². The number of hydrogen-bond acceptors (Lipinski definition) is 6. The number of aromatic hydroxyl groups is 1. The van der Waals surface area contributed by atoms with Crippen LogP contribution in [0.25, 0.3) is 16.7 Å². The lowest BCUT2D eigenvalue weighted by Crippen LogP contribution is -2.06. The second-order valence-corrected chi connectivity index (χ2v) is 5.38. The Morgan fingerprint density at radius 3 is 2.79 bits per heavy atom. The quantitative estimate of drug-likeness (QED) is 0.434. The van der Waals surface area contributed by atoms with E-state index in [1.807, 2.05) is 0 Å². The lowest BCUT2D eigenvalue weighted by molar-refractivity contribution is -0.140. The highest BCUT2D eigenvalue weighted by Crippen LogP contribution is 2.27. The monoisotopic (exact) mass is 324 g/mol. The summed E-state index contributed by atoms with van der Waals surface area (Å²) in [6, 6.07) is 10.2. The number of rotatable bonds is 4.